The van der Waals surface area contributed by atoms with Crippen LogP contribution in [-0.2, 0) is 0 Å². The predicted octanol–water partition coefficient (Wildman–Crippen LogP) is 6.07. The summed E-state index contributed by atoms with van der Waals surface area (Å²) in [5.74, 6) is 0.341. The topological polar surface area (TPSA) is 0 Å². The van der Waals surface area contributed by atoms with Crippen molar-refractivity contribution in [1.29, 1.82) is 0 Å². The Labute approximate surface area is 128 Å². The van der Waals surface area contributed by atoms with Gasteiger partial charge in [0, 0.05) is 0 Å². The fraction of sp³-hybridized carbons (Fsp3) is 0.368. The summed E-state index contributed by atoms with van der Waals surface area (Å²) >= 11 is 0. The number of hydrogen-bond donors (Lipinski definition) is 0. The van der Waals surface area contributed by atoms with Crippen LogP contribution in [0, 0.1) is 12.7 Å². The van der Waals surface area contributed by atoms with E-state index in [1.54, 1.807) is 6.92 Å². The van der Waals surface area contributed by atoms with E-state index in [9.17, 15) is 4.39 Å². The lowest BCUT2D eigenvalue weighted by atomic mass is 10.0. The van der Waals surface area contributed by atoms with Gasteiger partial charge in [0.25, 0.3) is 0 Å². The van der Waals surface area contributed by atoms with Crippen molar-refractivity contribution in [2.75, 3.05) is 0 Å². The summed E-state index contributed by atoms with van der Waals surface area (Å²) in [7, 11) is 0. The van der Waals surface area contributed by atoms with Gasteiger partial charge in [-0.2, -0.15) is 0 Å². The monoisotopic (exact) mass is 276 g/mol. The largest absolute Gasteiger partial charge is 0.207 e. The molecule has 0 radical (unpaired) electrons. The van der Waals surface area contributed by atoms with Crippen LogP contribution in [0.25, 0.3) is 0 Å². The van der Waals surface area contributed by atoms with Crippen molar-refractivity contribution in [1.82, 2.24) is 0 Å². The van der Waals surface area contributed by atoms with Crippen molar-refractivity contribution in [2.24, 2.45) is 0 Å². The Morgan fingerprint density at radius 1 is 0.800 bits per heavy atom. The lowest BCUT2D eigenvalue weighted by Crippen LogP contribution is -1.85. The van der Waals surface area contributed by atoms with E-state index in [2.05, 4.69) is 13.8 Å². The van der Waals surface area contributed by atoms with E-state index < -0.39 is 0 Å². The van der Waals surface area contributed by atoms with Crippen LogP contribution in [0.4, 0.5) is 4.39 Å². The molecule has 0 saturated heterocycles. The molecular weight excluding hydrogens is 247 g/mol. The smallest absolute Gasteiger partial charge is 0.123 e. The maximum Gasteiger partial charge on any atom is 0.123 e. The van der Waals surface area contributed by atoms with Crippen LogP contribution in [0.15, 0.2) is 48.4 Å². The summed E-state index contributed by atoms with van der Waals surface area (Å²) in [6.45, 7) is 9.55. The fourth-order valence-electron chi connectivity index (χ4n) is 1.52. The van der Waals surface area contributed by atoms with E-state index in [1.807, 2.05) is 26.0 Å². The van der Waals surface area contributed by atoms with E-state index in [-0.39, 0.29) is 35.9 Å². The number of halogens is 1. The van der Waals surface area contributed by atoms with Crippen LogP contribution in [0.2, 0.25) is 0 Å². The van der Waals surface area contributed by atoms with Crippen LogP contribution in [0.3, 0.4) is 0 Å². The van der Waals surface area contributed by atoms with Gasteiger partial charge in [0.05, 0.1) is 5.48 Å². The molecule has 0 aliphatic carbocycles. The van der Waals surface area contributed by atoms with E-state index in [0.717, 1.165) is 0 Å². The minimum Gasteiger partial charge on any atom is -0.207 e. The number of benzene rings is 2. The minimum atomic E-state index is -0.163. The molecule has 0 fully saturated rings. The van der Waals surface area contributed by atoms with Crippen LogP contribution in [0.1, 0.15) is 61.7 Å². The van der Waals surface area contributed by atoms with Crippen molar-refractivity contribution in [2.45, 2.75) is 46.5 Å². The zero-order chi connectivity index (χ0) is 18.6. The highest BCUT2D eigenvalue weighted by molar-refractivity contribution is 5.23. The Morgan fingerprint density at radius 2 is 1.25 bits per heavy atom. The molecule has 0 atom stereocenters. The zero-order valence-electron chi connectivity index (χ0n) is 16.8. The number of hydrogen-bond acceptors (Lipinski definition) is 0. The second-order valence-corrected chi connectivity index (χ2v) is 5.40. The van der Waals surface area contributed by atoms with Crippen LogP contribution in [0.5, 0.6) is 0 Å². The average Bonchev–Trinajstić information content (AvgIpc) is 2.52. The second kappa shape index (κ2) is 7.84. The molecular formula is C19H25F. The summed E-state index contributed by atoms with van der Waals surface area (Å²) in [6.07, 6.45) is 0. The van der Waals surface area contributed by atoms with Gasteiger partial charge in [0.1, 0.15) is 5.82 Å². The summed E-state index contributed by atoms with van der Waals surface area (Å²) in [5, 5.41) is 0. The first kappa shape index (κ1) is 11.1. The Balaban J connectivity index is 0.000000254. The maximum atomic E-state index is 12.4. The van der Waals surface area contributed by atoms with Crippen LogP contribution < -0.4 is 0 Å². The summed E-state index contributed by atoms with van der Waals surface area (Å²) in [4.78, 5) is 0. The first-order valence-electron chi connectivity index (χ1n) is 8.90. The Hall–Kier alpha value is -1.63. The molecule has 20 heavy (non-hydrogen) atoms. The van der Waals surface area contributed by atoms with Gasteiger partial charge in [-0.25, -0.2) is 4.39 Å². The SMILES string of the molecule is CC(C)c1ccc(F)cc1.[2H]c1c([2H])c(C(C)C)c([2H])c([2H])c1C. The predicted molar refractivity (Wildman–Crippen MR) is 85.8 cm³/mol. The van der Waals surface area contributed by atoms with Gasteiger partial charge in [-0.1, -0.05) is 69.6 Å². The normalized spacial score (nSPS) is 13.2. The molecule has 0 amide bonds. The highest BCUT2D eigenvalue weighted by atomic mass is 19.1. The molecule has 0 aromatic heterocycles. The van der Waals surface area contributed by atoms with Crippen LogP contribution in [-0.4, -0.2) is 0 Å². The fourth-order valence-corrected chi connectivity index (χ4v) is 1.52. The molecule has 2 aromatic carbocycles. The Bertz CT molecular complexity index is 662. The quantitative estimate of drug-likeness (QED) is 0.624. The highest BCUT2D eigenvalue weighted by Crippen LogP contribution is 2.14. The van der Waals surface area contributed by atoms with Gasteiger partial charge in [0.15, 0.2) is 0 Å². The molecule has 0 nitrogen and oxygen atoms in total. The lowest BCUT2D eigenvalue weighted by Gasteiger charge is -2.03. The van der Waals surface area contributed by atoms with Crippen molar-refractivity contribution in [3.05, 3.63) is 70.9 Å². The van der Waals surface area contributed by atoms with E-state index in [0.29, 0.717) is 17.0 Å². The third kappa shape index (κ3) is 5.56. The summed E-state index contributed by atoms with van der Waals surface area (Å²) in [6, 6.07) is 6.98. The third-order valence-electron chi connectivity index (χ3n) is 2.88. The molecule has 0 aliphatic rings. The van der Waals surface area contributed by atoms with Crippen molar-refractivity contribution in [3.8, 4) is 0 Å². The molecule has 0 unspecified atom stereocenters. The van der Waals surface area contributed by atoms with Gasteiger partial charge in [-0.05, 0) is 42.0 Å². The minimum absolute atomic E-state index is 0.0174. The first-order chi connectivity index (χ1) is 11.1. The average molecular weight is 276 g/mol. The highest BCUT2D eigenvalue weighted by Gasteiger charge is 1.97. The van der Waals surface area contributed by atoms with Gasteiger partial charge >= 0.3 is 0 Å². The van der Waals surface area contributed by atoms with Gasteiger partial charge < -0.3 is 0 Å². The Morgan fingerprint density at radius 3 is 1.65 bits per heavy atom. The lowest BCUT2D eigenvalue weighted by molar-refractivity contribution is 0.626. The molecule has 2 rings (SSSR count). The molecule has 0 N–H and O–H groups in total. The zero-order valence-corrected chi connectivity index (χ0v) is 12.8. The number of rotatable bonds is 2. The van der Waals surface area contributed by atoms with Gasteiger partial charge in [-0.15, -0.1) is 0 Å². The molecule has 0 bridgehead atoms. The second-order valence-electron chi connectivity index (χ2n) is 5.40. The van der Waals surface area contributed by atoms with Crippen molar-refractivity contribution >= 4 is 0 Å². The third-order valence-corrected chi connectivity index (χ3v) is 2.88. The molecule has 0 saturated carbocycles. The summed E-state index contributed by atoms with van der Waals surface area (Å²) in [5.41, 5.74) is 2.11. The molecule has 2 aromatic rings. The molecule has 108 valence electrons. The first-order valence-corrected chi connectivity index (χ1v) is 6.90. The summed E-state index contributed by atoms with van der Waals surface area (Å²) < 4.78 is 43.0. The van der Waals surface area contributed by atoms with Crippen LogP contribution >= 0.6 is 0 Å². The van der Waals surface area contributed by atoms with Crippen molar-refractivity contribution in [3.63, 3.8) is 0 Å². The van der Waals surface area contributed by atoms with E-state index >= 15 is 0 Å². The standard InChI is InChI=1S/C10H14.C9H11F/c1-8(2)10-6-4-9(3)5-7-10;1-7(2)8-3-5-9(10)6-4-8/h4-8H,1-3H3;3-7H,1-2H3/i4D,5D,6D,7D;. The molecule has 1 heteroatoms. The van der Waals surface area contributed by atoms with E-state index in [4.69, 9.17) is 5.48 Å². The molecule has 0 spiro atoms. The van der Waals surface area contributed by atoms with E-state index in [1.165, 1.54) is 17.7 Å². The van der Waals surface area contributed by atoms with Gasteiger partial charge in [0.2, 0.25) is 0 Å². The molecule has 0 heterocycles. The maximum absolute atomic E-state index is 12.4. The Kier molecular flexibility index (Phi) is 4.34. The van der Waals surface area contributed by atoms with Gasteiger partial charge in [-0.3, -0.25) is 0 Å². The van der Waals surface area contributed by atoms with Crippen molar-refractivity contribution < 1.29 is 9.87 Å². The molecule has 0 aliphatic heterocycles.